The number of aromatic nitrogens is 2. The second kappa shape index (κ2) is 10.5. The molecule has 2 aliphatic rings. The lowest BCUT2D eigenvalue weighted by Gasteiger charge is -2.31. The summed E-state index contributed by atoms with van der Waals surface area (Å²) in [6, 6.07) is 11.4. The Morgan fingerprint density at radius 2 is 1.69 bits per heavy atom. The van der Waals surface area contributed by atoms with E-state index in [0.29, 0.717) is 12.1 Å². The molecule has 0 amide bonds. The Hall–Kier alpha value is -2.41. The van der Waals surface area contributed by atoms with E-state index in [2.05, 4.69) is 66.1 Å². The summed E-state index contributed by atoms with van der Waals surface area (Å²) >= 11 is 5.58. The Morgan fingerprint density at radius 3 is 2.41 bits per heavy atom. The van der Waals surface area contributed by atoms with Gasteiger partial charge in [-0.15, -0.1) is 0 Å². The lowest BCUT2D eigenvalue weighted by atomic mass is 9.91. The molecule has 4 rings (SSSR count). The molecule has 2 aliphatic carbocycles. The highest BCUT2D eigenvalue weighted by molar-refractivity contribution is 7.80. The summed E-state index contributed by atoms with van der Waals surface area (Å²) in [5.41, 5.74) is 3.81. The largest absolute Gasteiger partial charge is 0.362 e. The molecule has 6 nitrogen and oxygen atoms in total. The van der Waals surface area contributed by atoms with Gasteiger partial charge >= 0.3 is 0 Å². The van der Waals surface area contributed by atoms with E-state index >= 15 is 0 Å². The maximum absolute atomic E-state index is 5.58. The quantitative estimate of drug-likeness (QED) is 0.563. The maximum atomic E-state index is 5.58. The number of nitrogens with zero attached hydrogens (tertiary/aromatic N) is 3. The van der Waals surface area contributed by atoms with Crippen molar-refractivity contribution in [1.29, 1.82) is 0 Å². The van der Waals surface area contributed by atoms with Crippen LogP contribution in [-0.4, -0.2) is 41.3 Å². The van der Waals surface area contributed by atoms with Crippen LogP contribution >= 0.6 is 12.2 Å². The summed E-state index contributed by atoms with van der Waals surface area (Å²) in [4.78, 5) is 11.9. The molecule has 172 valence electrons. The van der Waals surface area contributed by atoms with E-state index in [-0.39, 0.29) is 6.04 Å². The van der Waals surface area contributed by atoms with Gasteiger partial charge in [-0.1, -0.05) is 30.3 Å². The van der Waals surface area contributed by atoms with E-state index in [0.717, 1.165) is 55.4 Å². The fraction of sp³-hybridized carbons (Fsp3) is 0.560. The van der Waals surface area contributed by atoms with Crippen molar-refractivity contribution in [3.8, 4) is 0 Å². The predicted molar refractivity (Wildman–Crippen MR) is 136 cm³/mol. The van der Waals surface area contributed by atoms with Crippen molar-refractivity contribution in [2.75, 3.05) is 24.3 Å². The number of hydrogen-bond donors (Lipinski definition) is 3. The number of benzene rings is 1. The first-order chi connectivity index (χ1) is 15.5. The monoisotopic (exact) mass is 452 g/mol. The van der Waals surface area contributed by atoms with Gasteiger partial charge < -0.3 is 20.9 Å². The van der Waals surface area contributed by atoms with Crippen LogP contribution in [0.4, 0.5) is 11.8 Å². The van der Waals surface area contributed by atoms with Gasteiger partial charge in [-0.05, 0) is 76.1 Å². The number of rotatable bonds is 6. The third-order valence-electron chi connectivity index (χ3n) is 6.63. The fourth-order valence-electron chi connectivity index (χ4n) is 4.82. The molecule has 1 fully saturated rings. The van der Waals surface area contributed by atoms with Crippen molar-refractivity contribution in [1.82, 2.24) is 20.6 Å². The van der Waals surface area contributed by atoms with E-state index in [9.17, 15) is 0 Å². The molecule has 0 spiro atoms. The van der Waals surface area contributed by atoms with Gasteiger partial charge in [0.2, 0.25) is 5.95 Å². The Bertz CT molecular complexity index is 908. The first kappa shape index (κ1) is 22.8. The molecule has 7 heteroatoms. The summed E-state index contributed by atoms with van der Waals surface area (Å²) in [5, 5.41) is 11.3. The van der Waals surface area contributed by atoms with Crippen LogP contribution in [0.25, 0.3) is 0 Å². The van der Waals surface area contributed by atoms with Crippen molar-refractivity contribution < 1.29 is 0 Å². The van der Waals surface area contributed by atoms with Gasteiger partial charge in [0.15, 0.2) is 5.11 Å². The molecule has 0 bridgehead atoms. The molecule has 1 atom stereocenters. The summed E-state index contributed by atoms with van der Waals surface area (Å²) in [6.45, 7) is 2.14. The van der Waals surface area contributed by atoms with Crippen LogP contribution in [-0.2, 0) is 12.8 Å². The van der Waals surface area contributed by atoms with Crippen LogP contribution < -0.4 is 20.9 Å². The standard InChI is InChI=1S/C25H36N6S/c1-17(18-9-5-4-6-10-18)26-25(32)28-20-15-13-19(14-16-20)27-24-29-22-12-8-7-11-21(22)23(30-24)31(2)3/h4-6,9-10,17,19-20H,7-8,11-16H2,1-3H3,(H2,26,28,32)(H,27,29,30)/t17?,19-,20+. The lowest BCUT2D eigenvalue weighted by molar-refractivity contribution is 0.384. The number of thiocarbonyl (C=S) groups is 1. The van der Waals surface area contributed by atoms with Gasteiger partial charge in [0.1, 0.15) is 5.82 Å². The molecule has 1 aromatic heterocycles. The molecule has 0 aliphatic heterocycles. The zero-order valence-electron chi connectivity index (χ0n) is 19.5. The van der Waals surface area contributed by atoms with Gasteiger partial charge in [0.05, 0.1) is 11.7 Å². The SMILES string of the molecule is CC(NC(=S)N[C@H]1CC[C@@H](Nc2nc3c(c(N(C)C)n2)CCCC3)CC1)c1ccccc1. The van der Waals surface area contributed by atoms with Gasteiger partial charge in [0.25, 0.3) is 0 Å². The molecule has 32 heavy (non-hydrogen) atoms. The van der Waals surface area contributed by atoms with Gasteiger partial charge in [0, 0.05) is 31.7 Å². The highest BCUT2D eigenvalue weighted by atomic mass is 32.1. The van der Waals surface area contributed by atoms with Crippen LogP contribution in [0.15, 0.2) is 30.3 Å². The minimum atomic E-state index is 0.196. The number of nitrogens with one attached hydrogen (secondary N) is 3. The molecular weight excluding hydrogens is 416 g/mol. The van der Waals surface area contributed by atoms with Crippen molar-refractivity contribution in [3.05, 3.63) is 47.2 Å². The smallest absolute Gasteiger partial charge is 0.225 e. The molecule has 1 saturated carbocycles. The third-order valence-corrected chi connectivity index (χ3v) is 6.86. The highest BCUT2D eigenvalue weighted by Gasteiger charge is 2.24. The normalized spacial score (nSPS) is 21.2. The first-order valence-electron chi connectivity index (χ1n) is 11.9. The van der Waals surface area contributed by atoms with Crippen molar-refractivity contribution >= 4 is 29.1 Å². The number of anilines is 2. The molecule has 1 aromatic carbocycles. The van der Waals surface area contributed by atoms with Crippen LogP contribution in [0.5, 0.6) is 0 Å². The molecule has 2 aromatic rings. The van der Waals surface area contributed by atoms with Gasteiger partial charge in [-0.25, -0.2) is 4.98 Å². The molecule has 3 N–H and O–H groups in total. The van der Waals surface area contributed by atoms with Crippen molar-refractivity contribution in [3.63, 3.8) is 0 Å². The number of fused-ring (bicyclic) bond motifs is 1. The topological polar surface area (TPSA) is 65.1 Å². The predicted octanol–water partition coefficient (Wildman–Crippen LogP) is 4.37. The number of hydrogen-bond acceptors (Lipinski definition) is 5. The molecule has 0 radical (unpaired) electrons. The molecule has 1 heterocycles. The maximum Gasteiger partial charge on any atom is 0.225 e. The Balaban J connectivity index is 1.28. The second-order valence-electron chi connectivity index (χ2n) is 9.34. The Kier molecular flexibility index (Phi) is 7.45. The van der Waals surface area contributed by atoms with Crippen molar-refractivity contribution in [2.45, 2.75) is 76.4 Å². The summed E-state index contributed by atoms with van der Waals surface area (Å²) in [5.74, 6) is 1.87. The summed E-state index contributed by atoms with van der Waals surface area (Å²) in [6.07, 6.45) is 8.98. The minimum absolute atomic E-state index is 0.196. The van der Waals surface area contributed by atoms with Crippen LogP contribution in [0.1, 0.15) is 68.3 Å². The van der Waals surface area contributed by atoms with Gasteiger partial charge in [-0.3, -0.25) is 0 Å². The second-order valence-corrected chi connectivity index (χ2v) is 9.75. The molecule has 1 unspecified atom stereocenters. The zero-order valence-corrected chi connectivity index (χ0v) is 20.3. The minimum Gasteiger partial charge on any atom is -0.362 e. The van der Waals surface area contributed by atoms with E-state index in [1.165, 1.54) is 29.7 Å². The Labute approximate surface area is 197 Å². The van der Waals surface area contributed by atoms with Gasteiger partial charge in [-0.2, -0.15) is 4.98 Å². The fourth-order valence-corrected chi connectivity index (χ4v) is 5.17. The first-order valence-corrected chi connectivity index (χ1v) is 12.4. The molecular formula is C25H36N6S. The van der Waals surface area contributed by atoms with Crippen molar-refractivity contribution in [2.24, 2.45) is 0 Å². The van der Waals surface area contributed by atoms with Crippen LogP contribution in [0.3, 0.4) is 0 Å². The third kappa shape index (κ3) is 5.68. The average Bonchev–Trinajstić information content (AvgIpc) is 2.80. The van der Waals surface area contributed by atoms with Crippen LogP contribution in [0, 0.1) is 0 Å². The Morgan fingerprint density at radius 1 is 1.00 bits per heavy atom. The lowest BCUT2D eigenvalue weighted by Crippen LogP contribution is -2.45. The van der Waals surface area contributed by atoms with E-state index < -0.39 is 0 Å². The van der Waals surface area contributed by atoms with Crippen LogP contribution in [0.2, 0.25) is 0 Å². The molecule has 0 saturated heterocycles. The number of aryl methyl sites for hydroxylation is 1. The van der Waals surface area contributed by atoms with E-state index in [1.54, 1.807) is 0 Å². The average molecular weight is 453 g/mol. The zero-order chi connectivity index (χ0) is 22.5. The summed E-state index contributed by atoms with van der Waals surface area (Å²) in [7, 11) is 4.15. The van der Waals surface area contributed by atoms with E-state index in [1.807, 2.05) is 6.07 Å². The summed E-state index contributed by atoms with van der Waals surface area (Å²) < 4.78 is 0. The highest BCUT2D eigenvalue weighted by Crippen LogP contribution is 2.29. The van der Waals surface area contributed by atoms with E-state index in [4.69, 9.17) is 22.2 Å².